The van der Waals surface area contributed by atoms with Gasteiger partial charge in [0.25, 0.3) is 5.91 Å². The Hall–Kier alpha value is -2.93. The number of para-hydroxylation sites is 1. The number of nitrogens with zero attached hydrogens (tertiary/aromatic N) is 3. The van der Waals surface area contributed by atoms with Gasteiger partial charge in [0, 0.05) is 24.0 Å². The summed E-state index contributed by atoms with van der Waals surface area (Å²) < 4.78 is 5.31. The summed E-state index contributed by atoms with van der Waals surface area (Å²) in [7, 11) is 0. The van der Waals surface area contributed by atoms with E-state index in [1.54, 1.807) is 12.4 Å². The maximum atomic E-state index is 12.3. The third kappa shape index (κ3) is 2.93. The summed E-state index contributed by atoms with van der Waals surface area (Å²) in [6.45, 7) is 2.92. The predicted octanol–water partition coefficient (Wildman–Crippen LogP) is 2.05. The van der Waals surface area contributed by atoms with Crippen molar-refractivity contribution in [3.05, 3.63) is 48.4 Å². The quantitative estimate of drug-likeness (QED) is 0.771. The van der Waals surface area contributed by atoms with Gasteiger partial charge in [0.1, 0.15) is 5.69 Å². The number of H-pyrrole nitrogens is 1. The van der Waals surface area contributed by atoms with E-state index in [4.69, 9.17) is 4.74 Å². The van der Waals surface area contributed by atoms with Crippen LogP contribution in [0.25, 0.3) is 10.9 Å². The molecule has 1 amide bonds. The van der Waals surface area contributed by atoms with E-state index in [9.17, 15) is 4.79 Å². The number of nitrogens with one attached hydrogen (secondary N) is 2. The van der Waals surface area contributed by atoms with Gasteiger partial charge in [-0.05, 0) is 12.1 Å². The van der Waals surface area contributed by atoms with Gasteiger partial charge < -0.3 is 19.9 Å². The van der Waals surface area contributed by atoms with Crippen LogP contribution in [0.4, 0.5) is 11.6 Å². The third-order valence-corrected chi connectivity index (χ3v) is 3.96. The Morgan fingerprint density at radius 3 is 2.67 bits per heavy atom. The Bertz CT molecular complexity index is 820. The first-order valence-corrected chi connectivity index (χ1v) is 7.83. The number of aromatic nitrogens is 3. The first-order chi connectivity index (χ1) is 11.8. The zero-order valence-electron chi connectivity index (χ0n) is 13.0. The number of ether oxygens (including phenoxy) is 1. The second-order valence-corrected chi connectivity index (χ2v) is 5.60. The number of carbonyl (C=O) groups is 1. The van der Waals surface area contributed by atoms with Crippen molar-refractivity contribution in [3.8, 4) is 0 Å². The van der Waals surface area contributed by atoms with Gasteiger partial charge in [0.05, 0.1) is 31.3 Å². The van der Waals surface area contributed by atoms with Gasteiger partial charge in [-0.3, -0.25) is 4.79 Å². The number of hydrogen-bond acceptors (Lipinski definition) is 5. The first kappa shape index (κ1) is 14.6. The average molecular weight is 323 g/mol. The van der Waals surface area contributed by atoms with E-state index in [0.717, 1.165) is 24.0 Å². The molecule has 24 heavy (non-hydrogen) atoms. The molecule has 122 valence electrons. The van der Waals surface area contributed by atoms with Crippen LogP contribution in [0, 0.1) is 0 Å². The molecule has 7 heteroatoms. The van der Waals surface area contributed by atoms with Gasteiger partial charge in [-0.2, -0.15) is 0 Å². The van der Waals surface area contributed by atoms with Crippen LogP contribution in [0.2, 0.25) is 0 Å². The largest absolute Gasteiger partial charge is 0.378 e. The molecular formula is C17H17N5O2. The highest BCUT2D eigenvalue weighted by Crippen LogP contribution is 2.16. The Morgan fingerprint density at radius 1 is 1.17 bits per heavy atom. The highest BCUT2D eigenvalue weighted by atomic mass is 16.5. The summed E-state index contributed by atoms with van der Waals surface area (Å²) in [4.78, 5) is 26.2. The lowest BCUT2D eigenvalue weighted by atomic mass is 10.2. The van der Waals surface area contributed by atoms with E-state index in [1.807, 2.05) is 30.3 Å². The molecule has 0 saturated carbocycles. The Morgan fingerprint density at radius 2 is 1.92 bits per heavy atom. The summed E-state index contributed by atoms with van der Waals surface area (Å²) in [6, 6.07) is 9.59. The summed E-state index contributed by atoms with van der Waals surface area (Å²) in [6.07, 6.45) is 3.25. The fourth-order valence-electron chi connectivity index (χ4n) is 2.71. The molecule has 2 N–H and O–H groups in total. The lowest BCUT2D eigenvalue weighted by Crippen LogP contribution is -2.37. The molecule has 3 aromatic rings. The number of aromatic amines is 1. The van der Waals surface area contributed by atoms with Gasteiger partial charge in [-0.15, -0.1) is 0 Å². The highest BCUT2D eigenvalue weighted by molar-refractivity contribution is 6.05. The van der Waals surface area contributed by atoms with E-state index in [2.05, 4.69) is 25.2 Å². The standard InChI is InChI=1S/C17H17N5O2/c23-16(15-9-12-3-1-2-4-14(12)21-15)20-13-10-18-17(19-11-13)22-5-7-24-8-6-22/h1-4,9-11,21H,5-8H2,(H,20,23). The third-order valence-electron chi connectivity index (χ3n) is 3.96. The molecule has 1 aromatic carbocycles. The molecule has 2 aromatic heterocycles. The maximum Gasteiger partial charge on any atom is 0.272 e. The van der Waals surface area contributed by atoms with Crippen molar-refractivity contribution < 1.29 is 9.53 Å². The van der Waals surface area contributed by atoms with Crippen LogP contribution in [-0.2, 0) is 4.74 Å². The summed E-state index contributed by atoms with van der Waals surface area (Å²) in [5.74, 6) is 0.441. The van der Waals surface area contributed by atoms with Crippen LogP contribution >= 0.6 is 0 Å². The molecular weight excluding hydrogens is 306 g/mol. The molecule has 0 unspecified atom stereocenters. The number of carbonyl (C=O) groups excluding carboxylic acids is 1. The van der Waals surface area contributed by atoms with Crippen LogP contribution < -0.4 is 10.2 Å². The van der Waals surface area contributed by atoms with Crippen molar-refractivity contribution in [2.45, 2.75) is 0 Å². The van der Waals surface area contributed by atoms with E-state index in [0.29, 0.717) is 30.5 Å². The molecule has 0 aliphatic carbocycles. The number of anilines is 2. The summed E-state index contributed by atoms with van der Waals surface area (Å²) in [5, 5.41) is 3.81. The number of hydrogen-bond donors (Lipinski definition) is 2. The fraction of sp³-hybridized carbons (Fsp3) is 0.235. The minimum absolute atomic E-state index is 0.214. The minimum Gasteiger partial charge on any atom is -0.378 e. The van der Waals surface area contributed by atoms with Gasteiger partial charge in [-0.25, -0.2) is 9.97 Å². The van der Waals surface area contributed by atoms with Crippen molar-refractivity contribution in [2.75, 3.05) is 36.5 Å². The molecule has 4 rings (SSSR count). The highest BCUT2D eigenvalue weighted by Gasteiger charge is 2.14. The Labute approximate surface area is 138 Å². The summed E-state index contributed by atoms with van der Waals surface area (Å²) >= 11 is 0. The van der Waals surface area contributed by atoms with E-state index in [1.165, 1.54) is 0 Å². The molecule has 0 spiro atoms. The van der Waals surface area contributed by atoms with Gasteiger partial charge in [0.15, 0.2) is 0 Å². The number of fused-ring (bicyclic) bond motifs is 1. The molecule has 1 aliphatic heterocycles. The van der Waals surface area contributed by atoms with Crippen molar-refractivity contribution in [3.63, 3.8) is 0 Å². The SMILES string of the molecule is O=C(Nc1cnc(N2CCOCC2)nc1)c1cc2ccccc2[nH]1. The number of benzene rings is 1. The molecule has 1 aliphatic rings. The molecule has 1 saturated heterocycles. The van der Waals surface area contributed by atoms with Crippen molar-refractivity contribution in [1.82, 2.24) is 15.0 Å². The molecule has 0 bridgehead atoms. The lowest BCUT2D eigenvalue weighted by molar-refractivity contribution is 0.102. The summed E-state index contributed by atoms with van der Waals surface area (Å²) in [5.41, 5.74) is 2.01. The number of amides is 1. The number of morpholine rings is 1. The zero-order valence-corrected chi connectivity index (χ0v) is 13.0. The average Bonchev–Trinajstić information content (AvgIpc) is 3.07. The van der Waals surface area contributed by atoms with Gasteiger partial charge in [-0.1, -0.05) is 18.2 Å². The smallest absolute Gasteiger partial charge is 0.272 e. The molecule has 0 atom stereocenters. The van der Waals surface area contributed by atoms with Crippen LogP contribution in [-0.4, -0.2) is 47.2 Å². The molecule has 0 radical (unpaired) electrons. The lowest BCUT2D eigenvalue weighted by Gasteiger charge is -2.26. The minimum atomic E-state index is -0.214. The normalized spacial score (nSPS) is 14.8. The van der Waals surface area contributed by atoms with Crippen LogP contribution in [0.15, 0.2) is 42.7 Å². The zero-order chi connectivity index (χ0) is 16.4. The van der Waals surface area contributed by atoms with Crippen LogP contribution in [0.5, 0.6) is 0 Å². The maximum absolute atomic E-state index is 12.3. The Balaban J connectivity index is 1.47. The predicted molar refractivity (Wildman–Crippen MR) is 91.3 cm³/mol. The first-order valence-electron chi connectivity index (χ1n) is 7.83. The van der Waals surface area contributed by atoms with Crippen molar-refractivity contribution in [2.24, 2.45) is 0 Å². The second kappa shape index (κ2) is 6.29. The van der Waals surface area contributed by atoms with E-state index in [-0.39, 0.29) is 5.91 Å². The van der Waals surface area contributed by atoms with Crippen molar-refractivity contribution in [1.29, 1.82) is 0 Å². The van der Waals surface area contributed by atoms with E-state index < -0.39 is 0 Å². The Kier molecular flexibility index (Phi) is 3.84. The molecule has 3 heterocycles. The van der Waals surface area contributed by atoms with Crippen molar-refractivity contribution >= 4 is 28.4 Å². The molecule has 1 fully saturated rings. The fourth-order valence-corrected chi connectivity index (χ4v) is 2.71. The molecule has 7 nitrogen and oxygen atoms in total. The number of rotatable bonds is 3. The van der Waals surface area contributed by atoms with Gasteiger partial charge in [0.2, 0.25) is 5.95 Å². The van der Waals surface area contributed by atoms with E-state index >= 15 is 0 Å². The second-order valence-electron chi connectivity index (χ2n) is 5.60. The van der Waals surface area contributed by atoms with Gasteiger partial charge >= 0.3 is 0 Å². The topological polar surface area (TPSA) is 83.1 Å². The van der Waals surface area contributed by atoms with Crippen LogP contribution in [0.1, 0.15) is 10.5 Å². The monoisotopic (exact) mass is 323 g/mol. The van der Waals surface area contributed by atoms with Crippen LogP contribution in [0.3, 0.4) is 0 Å².